The van der Waals surface area contributed by atoms with Gasteiger partial charge >= 0.3 is 0 Å². The zero-order chi connectivity index (χ0) is 19.3. The minimum Gasteiger partial charge on any atom is -0.455 e. The number of nitrogens with two attached hydrogens (primary N) is 1. The van der Waals surface area contributed by atoms with Crippen molar-refractivity contribution in [3.8, 4) is 0 Å². The van der Waals surface area contributed by atoms with E-state index >= 15 is 0 Å². The Morgan fingerprint density at radius 3 is 2.26 bits per heavy atom. The first kappa shape index (κ1) is 23.2. The first-order chi connectivity index (χ1) is 12.2. The van der Waals surface area contributed by atoms with Crippen LogP contribution in [0, 0.1) is 0 Å². The smallest absolute Gasteiger partial charge is 0.287 e. The van der Waals surface area contributed by atoms with Gasteiger partial charge < -0.3 is 15.5 Å². The van der Waals surface area contributed by atoms with Gasteiger partial charge in [0.1, 0.15) is 5.76 Å². The van der Waals surface area contributed by atoms with Crippen molar-refractivity contribution < 1.29 is 17.6 Å². The van der Waals surface area contributed by atoms with Crippen molar-refractivity contribution in [3.05, 3.63) is 59.0 Å². The number of amides is 1. The van der Waals surface area contributed by atoms with Gasteiger partial charge in [-0.25, -0.2) is 13.1 Å². The summed E-state index contributed by atoms with van der Waals surface area (Å²) in [7, 11) is -3.32. The minimum absolute atomic E-state index is 0. The summed E-state index contributed by atoms with van der Waals surface area (Å²) in [5, 5.41) is 2.72. The van der Waals surface area contributed by atoms with E-state index in [1.807, 2.05) is 24.3 Å². The highest BCUT2D eigenvalue weighted by molar-refractivity contribution is 7.88. The average molecular weight is 416 g/mol. The van der Waals surface area contributed by atoms with E-state index in [1.54, 1.807) is 6.07 Å². The molecule has 7 nitrogen and oxygen atoms in total. The molecule has 1 amide bonds. The van der Waals surface area contributed by atoms with Crippen LogP contribution in [-0.2, 0) is 16.6 Å². The summed E-state index contributed by atoms with van der Waals surface area (Å²) in [5.74, 6) is 0.516. The number of rotatable bonds is 8. The summed E-state index contributed by atoms with van der Waals surface area (Å²) >= 11 is 0. The SMILES string of the molecule is CC(C)c1ccc(C(N)CNC(=O)c2ccc(CNS(C)(=O)=O)o2)cc1.Cl. The number of carbonyl (C=O) groups is 1. The van der Waals surface area contributed by atoms with Crippen LogP contribution in [0.15, 0.2) is 40.8 Å². The van der Waals surface area contributed by atoms with Crippen LogP contribution < -0.4 is 15.8 Å². The van der Waals surface area contributed by atoms with Crippen molar-refractivity contribution in [2.24, 2.45) is 5.73 Å². The van der Waals surface area contributed by atoms with Crippen LogP contribution >= 0.6 is 12.4 Å². The Labute approximate surface area is 166 Å². The number of benzene rings is 1. The second-order valence-electron chi connectivity index (χ2n) is 6.50. The molecule has 0 aliphatic carbocycles. The lowest BCUT2D eigenvalue weighted by molar-refractivity contribution is 0.0921. The Balaban J connectivity index is 0.00000364. The van der Waals surface area contributed by atoms with Gasteiger partial charge in [0.25, 0.3) is 5.91 Å². The van der Waals surface area contributed by atoms with Crippen molar-refractivity contribution in [3.63, 3.8) is 0 Å². The molecule has 150 valence electrons. The fourth-order valence-electron chi connectivity index (χ4n) is 2.33. The number of sulfonamides is 1. The summed E-state index contributed by atoms with van der Waals surface area (Å²) < 4.78 is 29.8. The third-order valence-electron chi connectivity index (χ3n) is 3.91. The van der Waals surface area contributed by atoms with Crippen molar-refractivity contribution in [1.82, 2.24) is 10.0 Å². The zero-order valence-electron chi connectivity index (χ0n) is 15.6. The summed E-state index contributed by atoms with van der Waals surface area (Å²) in [6, 6.07) is 10.7. The van der Waals surface area contributed by atoms with Crippen molar-refractivity contribution in [1.29, 1.82) is 0 Å². The molecule has 2 rings (SSSR count). The van der Waals surface area contributed by atoms with Gasteiger partial charge in [-0.2, -0.15) is 0 Å². The molecular formula is C18H26ClN3O4S. The molecule has 0 aliphatic heterocycles. The van der Waals surface area contributed by atoms with E-state index in [-0.39, 0.29) is 37.3 Å². The van der Waals surface area contributed by atoms with E-state index in [9.17, 15) is 13.2 Å². The Kier molecular flexibility index (Phi) is 8.49. The fraction of sp³-hybridized carbons (Fsp3) is 0.389. The summed E-state index contributed by atoms with van der Waals surface area (Å²) in [5.41, 5.74) is 8.30. The molecule has 0 saturated carbocycles. The molecule has 0 aliphatic rings. The summed E-state index contributed by atoms with van der Waals surface area (Å²) in [6.45, 7) is 4.50. The van der Waals surface area contributed by atoms with Gasteiger partial charge in [-0.1, -0.05) is 38.1 Å². The maximum atomic E-state index is 12.1. The predicted molar refractivity (Wildman–Crippen MR) is 107 cm³/mol. The normalized spacial score (nSPS) is 12.5. The van der Waals surface area contributed by atoms with Crippen molar-refractivity contribution >= 4 is 28.3 Å². The van der Waals surface area contributed by atoms with Gasteiger partial charge in [-0.15, -0.1) is 12.4 Å². The molecule has 1 atom stereocenters. The Bertz CT molecular complexity index is 848. The molecule has 1 unspecified atom stereocenters. The molecule has 0 radical (unpaired) electrons. The number of carbonyl (C=O) groups excluding carboxylic acids is 1. The number of nitrogens with one attached hydrogen (secondary N) is 2. The van der Waals surface area contributed by atoms with Gasteiger partial charge in [-0.05, 0) is 29.2 Å². The molecule has 1 aromatic heterocycles. The molecular weight excluding hydrogens is 390 g/mol. The largest absolute Gasteiger partial charge is 0.455 e. The van der Waals surface area contributed by atoms with E-state index < -0.39 is 15.9 Å². The van der Waals surface area contributed by atoms with E-state index in [4.69, 9.17) is 10.2 Å². The topological polar surface area (TPSA) is 114 Å². The molecule has 1 heterocycles. The molecule has 27 heavy (non-hydrogen) atoms. The van der Waals surface area contributed by atoms with Gasteiger partial charge in [0, 0.05) is 12.6 Å². The van der Waals surface area contributed by atoms with E-state index in [2.05, 4.69) is 23.9 Å². The second kappa shape index (κ2) is 9.89. The molecule has 9 heteroatoms. The van der Waals surface area contributed by atoms with Crippen LogP contribution in [0.2, 0.25) is 0 Å². The Morgan fingerprint density at radius 1 is 1.11 bits per heavy atom. The lowest BCUT2D eigenvalue weighted by Gasteiger charge is -2.14. The number of hydrogen-bond acceptors (Lipinski definition) is 5. The minimum atomic E-state index is -3.32. The standard InChI is InChI=1S/C18H25N3O4S.ClH/c1-12(2)13-4-6-14(7-5-13)16(19)11-20-18(22)17-9-8-15(25-17)10-21-26(3,23)24;/h4-9,12,16,21H,10-11,19H2,1-3H3,(H,20,22);1H. The predicted octanol–water partition coefficient (Wildman–Crippen LogP) is 2.30. The first-order valence-corrected chi connectivity index (χ1v) is 10.2. The van der Waals surface area contributed by atoms with Crippen LogP contribution in [0.5, 0.6) is 0 Å². The van der Waals surface area contributed by atoms with Crippen molar-refractivity contribution in [2.75, 3.05) is 12.8 Å². The van der Waals surface area contributed by atoms with Crippen LogP contribution in [0.1, 0.15) is 53.2 Å². The third kappa shape index (κ3) is 7.34. The average Bonchev–Trinajstić information content (AvgIpc) is 3.06. The molecule has 0 bridgehead atoms. The van der Waals surface area contributed by atoms with Gasteiger partial charge in [0.2, 0.25) is 10.0 Å². The van der Waals surface area contributed by atoms with Crippen molar-refractivity contribution in [2.45, 2.75) is 32.4 Å². The lowest BCUT2D eigenvalue weighted by Crippen LogP contribution is -2.31. The Hall–Kier alpha value is -1.87. The van der Waals surface area contributed by atoms with Gasteiger partial charge in [0.05, 0.1) is 12.8 Å². The molecule has 0 spiro atoms. The molecule has 2 aromatic rings. The highest BCUT2D eigenvalue weighted by Gasteiger charge is 2.14. The molecule has 0 saturated heterocycles. The summed E-state index contributed by atoms with van der Waals surface area (Å²) in [6.07, 6.45) is 1.05. The Morgan fingerprint density at radius 2 is 1.70 bits per heavy atom. The van der Waals surface area contributed by atoms with Crippen LogP contribution in [0.3, 0.4) is 0 Å². The quantitative estimate of drug-likeness (QED) is 0.612. The third-order valence-corrected chi connectivity index (χ3v) is 4.58. The summed E-state index contributed by atoms with van der Waals surface area (Å²) in [4.78, 5) is 12.1. The fourth-order valence-corrected chi connectivity index (χ4v) is 2.74. The first-order valence-electron chi connectivity index (χ1n) is 8.32. The van der Waals surface area contributed by atoms with Gasteiger partial charge in [0.15, 0.2) is 5.76 Å². The molecule has 4 N–H and O–H groups in total. The highest BCUT2D eigenvalue weighted by atomic mass is 35.5. The van der Waals surface area contributed by atoms with Crippen LogP contribution in [0.4, 0.5) is 0 Å². The van der Waals surface area contributed by atoms with E-state index in [0.717, 1.165) is 11.8 Å². The van der Waals surface area contributed by atoms with Crippen LogP contribution in [0.25, 0.3) is 0 Å². The number of furan rings is 1. The lowest BCUT2D eigenvalue weighted by atomic mass is 9.99. The number of hydrogen-bond donors (Lipinski definition) is 3. The number of halogens is 1. The van der Waals surface area contributed by atoms with E-state index in [0.29, 0.717) is 11.7 Å². The second-order valence-corrected chi connectivity index (χ2v) is 8.33. The monoisotopic (exact) mass is 415 g/mol. The zero-order valence-corrected chi connectivity index (χ0v) is 17.2. The van der Waals surface area contributed by atoms with E-state index in [1.165, 1.54) is 11.6 Å². The van der Waals surface area contributed by atoms with Crippen LogP contribution in [-0.4, -0.2) is 27.1 Å². The molecule has 0 fully saturated rings. The molecule has 1 aromatic carbocycles. The maximum Gasteiger partial charge on any atom is 0.287 e. The maximum absolute atomic E-state index is 12.1. The van der Waals surface area contributed by atoms with Gasteiger partial charge in [-0.3, -0.25) is 4.79 Å². The highest BCUT2D eigenvalue weighted by Crippen LogP contribution is 2.17.